The van der Waals surface area contributed by atoms with E-state index in [0.29, 0.717) is 19.4 Å². The molecule has 1 atom stereocenters. The highest BCUT2D eigenvalue weighted by atomic mass is 19.4. The van der Waals surface area contributed by atoms with Crippen LogP contribution in [0.1, 0.15) is 24.0 Å². The van der Waals surface area contributed by atoms with E-state index < -0.39 is 17.8 Å². The summed E-state index contributed by atoms with van der Waals surface area (Å²) in [6.07, 6.45) is -4.03. The zero-order chi connectivity index (χ0) is 14.8. The van der Waals surface area contributed by atoms with E-state index in [0.717, 1.165) is 6.07 Å². The molecule has 20 heavy (non-hydrogen) atoms. The van der Waals surface area contributed by atoms with Crippen LogP contribution in [0, 0.1) is 0 Å². The van der Waals surface area contributed by atoms with Gasteiger partial charge in [-0.05, 0) is 24.5 Å². The van der Waals surface area contributed by atoms with E-state index in [9.17, 15) is 23.1 Å². The Morgan fingerprint density at radius 3 is 2.70 bits per heavy atom. The van der Waals surface area contributed by atoms with E-state index >= 15 is 0 Å². The fraction of sp³-hybridized carbons (Fsp3) is 0.500. The summed E-state index contributed by atoms with van der Waals surface area (Å²) < 4.78 is 38.5. The summed E-state index contributed by atoms with van der Waals surface area (Å²) in [6.45, 7) is 0.692. The molecule has 1 aliphatic heterocycles. The Labute approximate surface area is 115 Å². The van der Waals surface area contributed by atoms with Crippen molar-refractivity contribution < 1.29 is 23.1 Å². The Hall–Kier alpha value is -1.56. The predicted octanol–water partition coefficient (Wildman–Crippen LogP) is 2.23. The summed E-state index contributed by atoms with van der Waals surface area (Å²) in [4.78, 5) is 13.5. The molecule has 0 radical (unpaired) electrons. The first-order valence-corrected chi connectivity index (χ1v) is 6.49. The minimum absolute atomic E-state index is 0.0231. The highest BCUT2D eigenvalue weighted by molar-refractivity contribution is 5.79. The zero-order valence-electron chi connectivity index (χ0n) is 10.9. The molecule has 110 valence electrons. The molecule has 0 spiro atoms. The van der Waals surface area contributed by atoms with Crippen molar-refractivity contribution in [2.24, 2.45) is 0 Å². The van der Waals surface area contributed by atoms with E-state index in [4.69, 9.17) is 0 Å². The number of nitrogens with zero attached hydrogens (tertiary/aromatic N) is 1. The molecule has 1 amide bonds. The quantitative estimate of drug-likeness (QED) is 0.906. The summed E-state index contributed by atoms with van der Waals surface area (Å²) in [5.41, 5.74) is -0.795. The fourth-order valence-corrected chi connectivity index (χ4v) is 2.41. The number of aliphatic hydroxyl groups is 1. The van der Waals surface area contributed by atoms with Crippen LogP contribution in [0.3, 0.4) is 0 Å². The third-order valence-electron chi connectivity index (χ3n) is 3.41. The van der Waals surface area contributed by atoms with Gasteiger partial charge in [-0.25, -0.2) is 0 Å². The van der Waals surface area contributed by atoms with Crippen molar-refractivity contribution in [1.29, 1.82) is 0 Å². The monoisotopic (exact) mass is 287 g/mol. The molecule has 1 aromatic carbocycles. The van der Waals surface area contributed by atoms with Crippen LogP contribution < -0.4 is 0 Å². The molecule has 1 aromatic rings. The third kappa shape index (κ3) is 3.50. The van der Waals surface area contributed by atoms with Crippen LogP contribution in [0.25, 0.3) is 0 Å². The molecular formula is C14H16F3NO2. The van der Waals surface area contributed by atoms with E-state index in [1.807, 2.05) is 0 Å². The van der Waals surface area contributed by atoms with E-state index in [1.54, 1.807) is 0 Å². The number of halogens is 3. The second-order valence-corrected chi connectivity index (χ2v) is 4.97. The normalized spacial score (nSPS) is 20.0. The van der Waals surface area contributed by atoms with Gasteiger partial charge in [0.2, 0.25) is 5.91 Å². The van der Waals surface area contributed by atoms with Crippen LogP contribution in [0.4, 0.5) is 13.2 Å². The van der Waals surface area contributed by atoms with Crippen molar-refractivity contribution in [3.8, 4) is 0 Å². The second-order valence-electron chi connectivity index (χ2n) is 4.97. The van der Waals surface area contributed by atoms with Gasteiger partial charge < -0.3 is 10.0 Å². The highest BCUT2D eigenvalue weighted by Crippen LogP contribution is 2.32. The van der Waals surface area contributed by atoms with E-state index in [-0.39, 0.29) is 24.4 Å². The van der Waals surface area contributed by atoms with Crippen LogP contribution >= 0.6 is 0 Å². The van der Waals surface area contributed by atoms with Crippen LogP contribution in [0.2, 0.25) is 0 Å². The molecule has 2 rings (SSSR count). The average molecular weight is 287 g/mol. The van der Waals surface area contributed by atoms with Gasteiger partial charge in [0.25, 0.3) is 0 Å². The van der Waals surface area contributed by atoms with Crippen molar-refractivity contribution in [2.75, 3.05) is 13.1 Å². The largest absolute Gasteiger partial charge is 0.416 e. The Morgan fingerprint density at radius 1 is 1.35 bits per heavy atom. The maximum Gasteiger partial charge on any atom is 0.416 e. The van der Waals surface area contributed by atoms with Crippen LogP contribution in [0.5, 0.6) is 0 Å². The summed E-state index contributed by atoms with van der Waals surface area (Å²) in [6, 6.07) is 5.10. The summed E-state index contributed by atoms with van der Waals surface area (Å²) in [5, 5.41) is 9.50. The van der Waals surface area contributed by atoms with Crippen molar-refractivity contribution in [1.82, 2.24) is 4.90 Å². The Kier molecular flexibility index (Phi) is 4.32. The van der Waals surface area contributed by atoms with Crippen molar-refractivity contribution in [2.45, 2.75) is 31.5 Å². The average Bonchev–Trinajstić information content (AvgIpc) is 2.38. The minimum atomic E-state index is -4.46. The highest BCUT2D eigenvalue weighted by Gasteiger charge is 2.34. The lowest BCUT2D eigenvalue weighted by atomic mass is 10.0. The lowest BCUT2D eigenvalue weighted by Gasteiger charge is -2.30. The topological polar surface area (TPSA) is 40.5 Å². The van der Waals surface area contributed by atoms with E-state index in [2.05, 4.69) is 0 Å². The number of aliphatic hydroxyl groups excluding tert-OH is 1. The Balaban J connectivity index is 2.12. The Bertz CT molecular complexity index is 488. The molecule has 1 heterocycles. The molecule has 1 saturated heterocycles. The first-order valence-electron chi connectivity index (χ1n) is 6.49. The van der Waals surface area contributed by atoms with Gasteiger partial charge in [0, 0.05) is 13.1 Å². The van der Waals surface area contributed by atoms with E-state index in [1.165, 1.54) is 23.1 Å². The van der Waals surface area contributed by atoms with Crippen molar-refractivity contribution >= 4 is 5.91 Å². The van der Waals surface area contributed by atoms with Gasteiger partial charge in [0.05, 0.1) is 18.1 Å². The number of rotatable bonds is 2. The molecule has 1 unspecified atom stereocenters. The van der Waals surface area contributed by atoms with Gasteiger partial charge in [-0.15, -0.1) is 0 Å². The second kappa shape index (κ2) is 5.83. The maximum absolute atomic E-state index is 12.8. The lowest BCUT2D eigenvalue weighted by Crippen LogP contribution is -2.43. The van der Waals surface area contributed by atoms with Gasteiger partial charge in [-0.2, -0.15) is 13.2 Å². The number of amides is 1. The number of carbonyl (C=O) groups is 1. The SMILES string of the molecule is O=C(Cc1ccccc1C(F)(F)F)N1CCCC(O)C1. The molecule has 1 aliphatic rings. The molecule has 6 heteroatoms. The van der Waals surface area contributed by atoms with Gasteiger partial charge in [0.15, 0.2) is 0 Å². The fourth-order valence-electron chi connectivity index (χ4n) is 2.41. The van der Waals surface area contributed by atoms with Gasteiger partial charge in [-0.1, -0.05) is 18.2 Å². The van der Waals surface area contributed by atoms with Crippen molar-refractivity contribution in [3.63, 3.8) is 0 Å². The summed E-state index contributed by atoms with van der Waals surface area (Å²) >= 11 is 0. The molecule has 1 fully saturated rings. The van der Waals surface area contributed by atoms with Crippen LogP contribution in [-0.4, -0.2) is 35.1 Å². The first-order chi connectivity index (χ1) is 9.38. The molecule has 0 saturated carbocycles. The number of carbonyl (C=O) groups excluding carboxylic acids is 1. The van der Waals surface area contributed by atoms with Crippen LogP contribution in [0.15, 0.2) is 24.3 Å². The molecular weight excluding hydrogens is 271 g/mol. The number of alkyl halides is 3. The molecule has 0 bridgehead atoms. The van der Waals surface area contributed by atoms with Gasteiger partial charge in [0.1, 0.15) is 0 Å². The number of hydrogen-bond donors (Lipinski definition) is 1. The Morgan fingerprint density at radius 2 is 2.05 bits per heavy atom. The molecule has 0 aromatic heterocycles. The van der Waals surface area contributed by atoms with Gasteiger partial charge >= 0.3 is 6.18 Å². The number of likely N-dealkylation sites (tertiary alicyclic amines) is 1. The number of benzene rings is 1. The maximum atomic E-state index is 12.8. The summed E-state index contributed by atoms with van der Waals surface area (Å²) in [5.74, 6) is -0.375. The number of β-amino-alcohol motifs (C(OH)–C–C–N with tert-alkyl or cyclic N) is 1. The predicted molar refractivity (Wildman–Crippen MR) is 67.0 cm³/mol. The summed E-state index contributed by atoms with van der Waals surface area (Å²) in [7, 11) is 0. The smallest absolute Gasteiger partial charge is 0.391 e. The number of piperidine rings is 1. The van der Waals surface area contributed by atoms with Crippen LogP contribution in [-0.2, 0) is 17.4 Å². The lowest BCUT2D eigenvalue weighted by molar-refractivity contribution is -0.139. The minimum Gasteiger partial charge on any atom is -0.391 e. The molecule has 1 N–H and O–H groups in total. The third-order valence-corrected chi connectivity index (χ3v) is 3.41. The van der Waals surface area contributed by atoms with Crippen molar-refractivity contribution in [3.05, 3.63) is 35.4 Å². The zero-order valence-corrected chi connectivity index (χ0v) is 10.9. The first kappa shape index (κ1) is 14.8. The van der Waals surface area contributed by atoms with Gasteiger partial charge in [-0.3, -0.25) is 4.79 Å². The molecule has 3 nitrogen and oxygen atoms in total. The number of hydrogen-bond acceptors (Lipinski definition) is 2. The molecule has 0 aliphatic carbocycles. The standard InChI is InChI=1S/C14H16F3NO2/c15-14(16,17)12-6-2-1-4-10(12)8-13(20)18-7-3-5-11(19)9-18/h1-2,4,6,11,19H,3,5,7-9H2.